The molecule has 0 N–H and O–H groups in total. The summed E-state index contributed by atoms with van der Waals surface area (Å²) in [7, 11) is 0. The van der Waals surface area contributed by atoms with Crippen molar-refractivity contribution < 1.29 is 9.47 Å². The zero-order valence-electron chi connectivity index (χ0n) is 13.1. The lowest BCUT2D eigenvalue weighted by molar-refractivity contribution is -0.0560. The molecule has 2 atom stereocenters. The summed E-state index contributed by atoms with van der Waals surface area (Å²) in [5.41, 5.74) is 0. The Morgan fingerprint density at radius 1 is 1.00 bits per heavy atom. The van der Waals surface area contributed by atoms with Gasteiger partial charge in [0, 0.05) is 13.2 Å². The Balaban J connectivity index is 3.13. The van der Waals surface area contributed by atoms with E-state index in [-0.39, 0.29) is 16.5 Å². The molecule has 2 nitrogen and oxygen atoms in total. The highest BCUT2D eigenvalue weighted by atomic mass is 127. The van der Waals surface area contributed by atoms with Crippen molar-refractivity contribution in [1.29, 1.82) is 0 Å². The third-order valence-electron chi connectivity index (χ3n) is 3.36. The summed E-state index contributed by atoms with van der Waals surface area (Å²) in [6.07, 6.45) is 8.94. The molecule has 0 radical (unpaired) electrons. The van der Waals surface area contributed by atoms with Crippen molar-refractivity contribution in [3.8, 4) is 0 Å². The van der Waals surface area contributed by atoms with E-state index in [0.29, 0.717) is 6.79 Å². The van der Waals surface area contributed by atoms with Crippen LogP contribution < -0.4 is 0 Å². The quantitative estimate of drug-likeness (QED) is 0.174. The van der Waals surface area contributed by atoms with E-state index in [1.807, 2.05) is 0 Å². The predicted molar refractivity (Wildman–Crippen MR) is 93.1 cm³/mol. The van der Waals surface area contributed by atoms with E-state index in [1.54, 1.807) is 0 Å². The molecular weight excluding hydrogens is 363 g/mol. The van der Waals surface area contributed by atoms with Crippen LogP contribution in [0.4, 0.5) is 0 Å². The Morgan fingerprint density at radius 2 is 1.68 bits per heavy atom. The van der Waals surface area contributed by atoms with Gasteiger partial charge in [-0.15, -0.1) is 4.05 Å². The maximum atomic E-state index is 5.51. The second-order valence-corrected chi connectivity index (χ2v) is 10.1. The minimum absolute atomic E-state index is 0.165. The first-order chi connectivity index (χ1) is 9.20. The summed E-state index contributed by atoms with van der Waals surface area (Å²) in [5, 5.41) is 0. The molecule has 0 rings (SSSR count). The molecule has 0 aliphatic heterocycles. The average molecular weight is 395 g/mol. The molecule has 0 amide bonds. The first-order valence-electron chi connectivity index (χ1n) is 7.92. The van der Waals surface area contributed by atoms with E-state index < -0.39 is 0 Å². The van der Waals surface area contributed by atoms with Gasteiger partial charge in [0.1, 0.15) is 6.79 Å². The van der Waals surface area contributed by atoms with Gasteiger partial charge in [-0.05, 0) is 25.2 Å². The van der Waals surface area contributed by atoms with E-state index in [9.17, 15) is 0 Å². The van der Waals surface area contributed by atoms with Crippen LogP contribution in [0, 0.1) is 5.92 Å². The molecular formula is C15H31IMgO2. The average Bonchev–Trinajstić information content (AvgIpc) is 2.40. The lowest BCUT2D eigenvalue weighted by Crippen LogP contribution is -2.06. The largest absolute Gasteiger partial charge is 0.466 e. The monoisotopic (exact) mass is 394 g/mol. The Kier molecular flexibility index (Phi) is 17.0. The molecule has 0 aliphatic carbocycles. The maximum Gasteiger partial charge on any atom is 0.466 e. The number of unbranched alkanes of at least 4 members (excludes halogenated alkanes) is 3. The molecule has 112 valence electrons. The molecule has 0 aromatic carbocycles. The summed E-state index contributed by atoms with van der Waals surface area (Å²) in [6, 6.07) is 0. The van der Waals surface area contributed by atoms with Crippen molar-refractivity contribution in [2.24, 2.45) is 5.92 Å². The number of hydrogen-bond acceptors (Lipinski definition) is 2. The van der Waals surface area contributed by atoms with Gasteiger partial charge in [0.25, 0.3) is 0 Å². The Morgan fingerprint density at radius 3 is 2.32 bits per heavy atom. The zero-order valence-corrected chi connectivity index (χ0v) is 16.7. The van der Waals surface area contributed by atoms with Crippen LogP contribution in [0.3, 0.4) is 0 Å². The van der Waals surface area contributed by atoms with Crippen molar-refractivity contribution in [2.45, 2.75) is 69.8 Å². The predicted octanol–water partition coefficient (Wildman–Crippen LogP) is 5.23. The van der Waals surface area contributed by atoms with Crippen LogP contribution in [0.5, 0.6) is 0 Å². The van der Waals surface area contributed by atoms with Gasteiger partial charge in [0.05, 0.1) is 0 Å². The highest BCUT2D eigenvalue weighted by Gasteiger charge is 2.09. The Labute approximate surface area is 139 Å². The molecule has 0 saturated heterocycles. The highest BCUT2D eigenvalue weighted by molar-refractivity contribution is 14.1. The van der Waals surface area contributed by atoms with Crippen molar-refractivity contribution in [3.63, 3.8) is 0 Å². The van der Waals surface area contributed by atoms with Crippen molar-refractivity contribution >= 4 is 35.3 Å². The second-order valence-electron chi connectivity index (χ2n) is 5.74. The van der Waals surface area contributed by atoms with Gasteiger partial charge in [-0.25, -0.2) is 0 Å². The molecule has 0 saturated carbocycles. The molecule has 0 spiro atoms. The Hall–Kier alpha value is 1.42. The van der Waals surface area contributed by atoms with Crippen LogP contribution in [0.2, 0.25) is 4.05 Å². The lowest BCUT2D eigenvalue weighted by Gasteiger charge is -2.15. The molecule has 0 fully saturated rings. The fourth-order valence-corrected chi connectivity index (χ4v) is 3.98. The lowest BCUT2D eigenvalue weighted by atomic mass is 10.0. The normalized spacial score (nSPS) is 14.1. The molecule has 0 heterocycles. The van der Waals surface area contributed by atoms with Crippen molar-refractivity contribution in [1.82, 2.24) is 0 Å². The van der Waals surface area contributed by atoms with Gasteiger partial charge >= 0.3 is 16.5 Å². The van der Waals surface area contributed by atoms with Gasteiger partial charge in [-0.3, -0.25) is 0 Å². The van der Waals surface area contributed by atoms with Crippen LogP contribution >= 0.6 is 18.9 Å². The van der Waals surface area contributed by atoms with Crippen molar-refractivity contribution in [3.05, 3.63) is 0 Å². The van der Waals surface area contributed by atoms with Crippen LogP contribution in [0.25, 0.3) is 0 Å². The smallest absolute Gasteiger partial charge is 0.355 e. The van der Waals surface area contributed by atoms with Gasteiger partial charge in [-0.1, -0.05) is 46.5 Å². The number of halogens is 1. The summed E-state index contributed by atoms with van der Waals surface area (Å²) in [4.78, 5) is 0. The first kappa shape index (κ1) is 20.4. The zero-order chi connectivity index (χ0) is 14.3. The van der Waals surface area contributed by atoms with E-state index in [1.165, 1.54) is 44.9 Å². The summed E-state index contributed by atoms with van der Waals surface area (Å²) in [6.45, 7) is 9.20. The standard InChI is InChI=1S/C15H31O2.HI.Mg/c1-4-6-7-8-12-16-14-17-13-9-11-15(3)10-5-2;;/h5,15H,4,6-14H2,1-3H3;1H;/q;;+1/p-1. The second kappa shape index (κ2) is 15.8. The summed E-state index contributed by atoms with van der Waals surface area (Å²) < 4.78 is 11.9. The molecule has 0 bridgehead atoms. The summed E-state index contributed by atoms with van der Waals surface area (Å²) in [5.74, 6) is 0.857. The topological polar surface area (TPSA) is 18.5 Å². The van der Waals surface area contributed by atoms with Crippen LogP contribution in [-0.4, -0.2) is 36.5 Å². The molecule has 0 aliphatic rings. The summed E-state index contributed by atoms with van der Waals surface area (Å²) >= 11 is 2.78. The van der Waals surface area contributed by atoms with Crippen molar-refractivity contribution in [2.75, 3.05) is 20.0 Å². The third kappa shape index (κ3) is 15.6. The third-order valence-corrected chi connectivity index (χ3v) is 8.73. The van der Waals surface area contributed by atoms with Crippen LogP contribution in [0.15, 0.2) is 0 Å². The maximum absolute atomic E-state index is 5.51. The molecule has 0 aromatic heterocycles. The van der Waals surface area contributed by atoms with E-state index in [4.69, 9.17) is 9.47 Å². The molecule has 4 heteroatoms. The fourth-order valence-electron chi connectivity index (χ4n) is 2.21. The minimum atomic E-state index is 0.165. The molecule has 2 unspecified atom stereocenters. The number of ether oxygens (including phenoxy) is 2. The van der Waals surface area contributed by atoms with E-state index in [2.05, 4.69) is 39.6 Å². The SMILES string of the molecule is CCCCCCOCOCCCC(C)C[CH](C)[Mg][I]. The van der Waals surface area contributed by atoms with Gasteiger partial charge in [-0.2, -0.15) is 0 Å². The Bertz CT molecular complexity index is 182. The van der Waals surface area contributed by atoms with Gasteiger partial charge < -0.3 is 28.3 Å². The van der Waals surface area contributed by atoms with Crippen LogP contribution in [0.1, 0.15) is 65.7 Å². The first-order valence-corrected chi connectivity index (χ1v) is 13.8. The van der Waals surface area contributed by atoms with Crippen LogP contribution in [-0.2, 0) is 9.47 Å². The fraction of sp³-hybridized carbons (Fsp3) is 1.00. The molecule has 0 aromatic rings. The van der Waals surface area contributed by atoms with Gasteiger partial charge in [0.15, 0.2) is 0 Å². The molecule has 19 heavy (non-hydrogen) atoms. The minimum Gasteiger partial charge on any atom is -0.355 e. The number of hydrogen-bond donors (Lipinski definition) is 0. The highest BCUT2D eigenvalue weighted by Crippen LogP contribution is 2.21. The van der Waals surface area contributed by atoms with E-state index in [0.717, 1.165) is 23.2 Å². The number of rotatable bonds is 14. The van der Waals surface area contributed by atoms with E-state index >= 15 is 0 Å². The van der Waals surface area contributed by atoms with Gasteiger partial charge in [0.2, 0.25) is 0 Å².